The van der Waals surface area contributed by atoms with Gasteiger partial charge in [0, 0.05) is 34.5 Å². The topological polar surface area (TPSA) is 46.4 Å². The Labute approximate surface area is 182 Å². The Morgan fingerprint density at radius 2 is 1.77 bits per heavy atom. The van der Waals surface area contributed by atoms with E-state index in [9.17, 15) is 10.1 Å². The van der Waals surface area contributed by atoms with Gasteiger partial charge in [0.1, 0.15) is 4.87 Å². The number of thioether (sulfide) groups is 1. The molecule has 4 nitrogen and oxygen atoms in total. The van der Waals surface area contributed by atoms with Crippen LogP contribution in [0.15, 0.2) is 64.7 Å². The van der Waals surface area contributed by atoms with Crippen LogP contribution in [0.1, 0.15) is 46.1 Å². The minimum Gasteiger partial charge on any atom is -0.356 e. The molecule has 5 rings (SSSR count). The molecule has 0 aromatic heterocycles. The maximum Gasteiger partial charge on any atom is 0.277 e. The molecule has 2 aliphatic heterocycles. The lowest BCUT2D eigenvalue weighted by Crippen LogP contribution is -2.46. The summed E-state index contributed by atoms with van der Waals surface area (Å²) in [5.41, 5.74) is 3.77. The van der Waals surface area contributed by atoms with Gasteiger partial charge in [-0.25, -0.2) is 0 Å². The van der Waals surface area contributed by atoms with Gasteiger partial charge in [-0.05, 0) is 36.1 Å². The van der Waals surface area contributed by atoms with E-state index in [4.69, 9.17) is 0 Å². The monoisotopic (exact) mass is 420 g/mol. The Bertz CT molecular complexity index is 1130. The fourth-order valence-electron chi connectivity index (χ4n) is 4.99. The third-order valence-corrected chi connectivity index (χ3v) is 8.39. The fraction of sp³-hybridized carbons (Fsp3) is 0.360. The molecule has 1 fully saturated rings. The van der Waals surface area contributed by atoms with Crippen molar-refractivity contribution in [3.05, 3.63) is 75.5 Å². The number of hydrogen-bond donors (Lipinski definition) is 0. The fourth-order valence-corrected chi connectivity index (χ4v) is 6.57. The van der Waals surface area contributed by atoms with Gasteiger partial charge in [-0.1, -0.05) is 75.9 Å². The summed E-state index contributed by atoms with van der Waals surface area (Å²) in [6, 6.07) is 9.42. The quantitative estimate of drug-likeness (QED) is 0.362. The molecule has 1 unspecified atom stereocenters. The van der Waals surface area contributed by atoms with Gasteiger partial charge < -0.3 is 4.90 Å². The molecular formula is C25H28N2O2S. The summed E-state index contributed by atoms with van der Waals surface area (Å²) >= 11 is 1.83. The molecule has 1 atom stereocenters. The summed E-state index contributed by atoms with van der Waals surface area (Å²) in [5, 5.41) is 13.3. The van der Waals surface area contributed by atoms with Crippen molar-refractivity contribution in [1.82, 2.24) is 4.90 Å². The first-order chi connectivity index (χ1) is 14.4. The van der Waals surface area contributed by atoms with Crippen LogP contribution in [0.25, 0.3) is 16.8 Å². The van der Waals surface area contributed by atoms with Crippen LogP contribution in [0.2, 0.25) is 0 Å². The maximum absolute atomic E-state index is 11.6. The molecule has 5 heteroatoms. The number of fused-ring (bicyclic) bond motifs is 4. The van der Waals surface area contributed by atoms with Crippen molar-refractivity contribution in [2.24, 2.45) is 5.41 Å². The minimum absolute atomic E-state index is 0.0737. The van der Waals surface area contributed by atoms with Crippen LogP contribution in [0.3, 0.4) is 0 Å². The third kappa shape index (κ3) is 2.68. The van der Waals surface area contributed by atoms with Crippen molar-refractivity contribution in [2.75, 3.05) is 7.05 Å². The minimum atomic E-state index is -0.276. The highest BCUT2D eigenvalue weighted by atomic mass is 32.2. The molecular weight excluding hydrogens is 392 g/mol. The van der Waals surface area contributed by atoms with Crippen molar-refractivity contribution < 1.29 is 4.92 Å². The summed E-state index contributed by atoms with van der Waals surface area (Å²) in [7, 11) is 2.18. The average molecular weight is 421 g/mol. The summed E-state index contributed by atoms with van der Waals surface area (Å²) in [4.78, 5) is 14.6. The number of nitro groups is 1. The second-order valence-corrected chi connectivity index (χ2v) is 9.45. The molecule has 0 N–H and O–H groups in total. The standard InChI is InChI=1S/C23H22N2O2S.C2H6/c1-22(2)18-10-6-7-11-19(18)24(3)23(22)13-12-15-14-20(25(26)27)16-8-4-5-9-17(16)21(15)28-23;1-2/h4-5,8-14H,6-7H2,1-3H3;1-2H3. The first-order valence-corrected chi connectivity index (χ1v) is 11.4. The average Bonchev–Trinajstić information content (AvgIpc) is 2.93. The van der Waals surface area contributed by atoms with Crippen molar-refractivity contribution >= 4 is 34.3 Å². The number of allylic oxidation sites excluding steroid dienone is 3. The summed E-state index contributed by atoms with van der Waals surface area (Å²) in [5.74, 6) is 0. The zero-order chi connectivity index (χ0) is 21.7. The molecule has 1 saturated heterocycles. The van der Waals surface area contributed by atoms with Crippen molar-refractivity contribution in [1.29, 1.82) is 0 Å². The molecule has 30 heavy (non-hydrogen) atoms. The SMILES string of the molecule is CC.CN1C2=CCCC=C2C(C)(C)C12C=Cc1cc([N+](=O)[O-])c3ccccc3c1S2. The summed E-state index contributed by atoms with van der Waals surface area (Å²) in [6.07, 6.45) is 11.2. The Morgan fingerprint density at radius 3 is 2.43 bits per heavy atom. The second kappa shape index (κ2) is 7.31. The van der Waals surface area contributed by atoms with Gasteiger partial charge in [-0.15, -0.1) is 0 Å². The molecule has 0 bridgehead atoms. The molecule has 0 amide bonds. The number of likely N-dealkylation sites (tertiary alicyclic amines) is 1. The number of nitrogens with zero attached hydrogens (tertiary/aromatic N) is 2. The van der Waals surface area contributed by atoms with E-state index in [1.54, 1.807) is 6.07 Å². The molecule has 0 saturated carbocycles. The van der Waals surface area contributed by atoms with E-state index in [1.165, 1.54) is 11.3 Å². The predicted octanol–water partition coefficient (Wildman–Crippen LogP) is 7.17. The lowest BCUT2D eigenvalue weighted by atomic mass is 9.77. The number of likely N-dealkylation sites (N-methyl/N-ethyl adjacent to an activating group) is 1. The Morgan fingerprint density at radius 1 is 1.10 bits per heavy atom. The van der Waals surface area contributed by atoms with Gasteiger partial charge >= 0.3 is 0 Å². The zero-order valence-electron chi connectivity index (χ0n) is 18.2. The van der Waals surface area contributed by atoms with Gasteiger partial charge in [-0.2, -0.15) is 0 Å². The van der Waals surface area contributed by atoms with Crippen LogP contribution in [0.4, 0.5) is 5.69 Å². The van der Waals surface area contributed by atoms with Crippen molar-refractivity contribution in [3.8, 4) is 0 Å². The number of benzene rings is 2. The largest absolute Gasteiger partial charge is 0.356 e. The Hall–Kier alpha value is -2.53. The molecule has 0 radical (unpaired) electrons. The van der Waals surface area contributed by atoms with E-state index in [0.29, 0.717) is 5.39 Å². The molecule has 1 aliphatic carbocycles. The van der Waals surface area contributed by atoms with E-state index in [-0.39, 0.29) is 20.9 Å². The van der Waals surface area contributed by atoms with E-state index < -0.39 is 0 Å². The highest BCUT2D eigenvalue weighted by Crippen LogP contribution is 2.64. The molecule has 3 aliphatic rings. The number of rotatable bonds is 1. The first kappa shape index (κ1) is 20.7. The van der Waals surface area contributed by atoms with E-state index in [2.05, 4.69) is 50.1 Å². The van der Waals surface area contributed by atoms with Gasteiger partial charge in [0.15, 0.2) is 0 Å². The Balaban J connectivity index is 0.00000106. The maximum atomic E-state index is 11.6. The number of nitro benzene ring substituents is 1. The molecule has 1 spiro atoms. The van der Waals surface area contributed by atoms with E-state index >= 15 is 0 Å². The molecule has 2 aromatic carbocycles. The highest BCUT2D eigenvalue weighted by molar-refractivity contribution is 8.01. The van der Waals surface area contributed by atoms with Crippen LogP contribution in [0.5, 0.6) is 0 Å². The van der Waals surface area contributed by atoms with Crippen molar-refractivity contribution in [2.45, 2.75) is 50.3 Å². The van der Waals surface area contributed by atoms with Gasteiger partial charge in [0.05, 0.1) is 10.3 Å². The highest BCUT2D eigenvalue weighted by Gasteiger charge is 2.58. The van der Waals surface area contributed by atoms with Crippen LogP contribution in [-0.4, -0.2) is 21.7 Å². The predicted molar refractivity (Wildman–Crippen MR) is 127 cm³/mol. The van der Waals surface area contributed by atoms with E-state index in [0.717, 1.165) is 28.7 Å². The van der Waals surface area contributed by atoms with Gasteiger partial charge in [0.25, 0.3) is 5.69 Å². The molecule has 2 heterocycles. The number of hydrogen-bond acceptors (Lipinski definition) is 4. The Kier molecular flexibility index (Phi) is 5.05. The normalized spacial score (nSPS) is 23.3. The lowest BCUT2D eigenvalue weighted by Gasteiger charge is -2.45. The smallest absolute Gasteiger partial charge is 0.277 e. The van der Waals surface area contributed by atoms with E-state index in [1.807, 2.05) is 49.9 Å². The van der Waals surface area contributed by atoms with Gasteiger partial charge in [0.2, 0.25) is 0 Å². The summed E-state index contributed by atoms with van der Waals surface area (Å²) in [6.45, 7) is 8.63. The first-order valence-electron chi connectivity index (χ1n) is 10.6. The van der Waals surface area contributed by atoms with Crippen LogP contribution in [-0.2, 0) is 0 Å². The van der Waals surface area contributed by atoms with Crippen LogP contribution >= 0.6 is 11.8 Å². The summed E-state index contributed by atoms with van der Waals surface area (Å²) < 4.78 is 0. The van der Waals surface area contributed by atoms with Gasteiger partial charge in [-0.3, -0.25) is 10.1 Å². The second-order valence-electron chi connectivity index (χ2n) is 8.22. The van der Waals surface area contributed by atoms with Crippen LogP contribution in [0, 0.1) is 15.5 Å². The molecule has 156 valence electrons. The van der Waals surface area contributed by atoms with Crippen LogP contribution < -0.4 is 0 Å². The zero-order valence-corrected chi connectivity index (χ0v) is 19.0. The lowest BCUT2D eigenvalue weighted by molar-refractivity contribution is -0.383. The number of non-ortho nitro benzene ring substituents is 1. The molecule has 2 aromatic rings. The van der Waals surface area contributed by atoms with Crippen molar-refractivity contribution in [3.63, 3.8) is 0 Å². The third-order valence-electron chi connectivity index (χ3n) is 6.50.